The van der Waals surface area contributed by atoms with E-state index in [-0.39, 0.29) is 41.3 Å². The van der Waals surface area contributed by atoms with Gasteiger partial charge in [0.1, 0.15) is 12.4 Å². The number of carbonyl (C=O) groups excluding carboxylic acids is 2. The lowest BCUT2D eigenvalue weighted by Gasteiger charge is -2.35. The van der Waals surface area contributed by atoms with E-state index >= 15 is 0 Å². The maximum atomic E-state index is 14.0. The van der Waals surface area contributed by atoms with Gasteiger partial charge in [-0.25, -0.2) is 4.39 Å². The second kappa shape index (κ2) is 11.5. The lowest BCUT2D eigenvalue weighted by molar-refractivity contribution is -0.128. The number of benzene rings is 2. The predicted octanol–water partition coefficient (Wildman–Crippen LogP) is 5.53. The number of rotatable bonds is 8. The van der Waals surface area contributed by atoms with Crippen molar-refractivity contribution in [3.05, 3.63) is 77.2 Å². The van der Waals surface area contributed by atoms with Crippen LogP contribution in [0.2, 0.25) is 0 Å². The van der Waals surface area contributed by atoms with Crippen LogP contribution in [-0.2, 0) is 22.4 Å². The summed E-state index contributed by atoms with van der Waals surface area (Å²) in [7, 11) is 0. The van der Waals surface area contributed by atoms with Gasteiger partial charge in [0.2, 0.25) is 5.91 Å². The molecule has 1 aliphatic carbocycles. The van der Waals surface area contributed by atoms with Crippen molar-refractivity contribution in [2.24, 2.45) is 11.8 Å². The van der Waals surface area contributed by atoms with Gasteiger partial charge in [0.05, 0.1) is 5.52 Å². The molecule has 1 aromatic heterocycles. The van der Waals surface area contributed by atoms with E-state index in [4.69, 9.17) is 5.11 Å². The van der Waals surface area contributed by atoms with Gasteiger partial charge in [0.15, 0.2) is 5.78 Å². The third-order valence-electron chi connectivity index (χ3n) is 7.41. The molecule has 1 amide bonds. The highest BCUT2D eigenvalue weighted by Crippen LogP contribution is 2.41. The first-order valence-corrected chi connectivity index (χ1v) is 13.2. The molecule has 0 aliphatic heterocycles. The van der Waals surface area contributed by atoms with Gasteiger partial charge in [0, 0.05) is 29.5 Å². The zero-order valence-corrected chi connectivity index (χ0v) is 22.0. The molecule has 1 aliphatic rings. The summed E-state index contributed by atoms with van der Waals surface area (Å²) in [5.74, 6) is 0.0266. The average molecular weight is 505 g/mol. The Hall–Kier alpha value is -3.12. The SMILES string of the molecule is CC(C)(C)NC(=O)C(Cc1ccc(CC(=O)CO)cc1)C1CCC(c2ccnc3ccc(F)cc23)CC1. The molecule has 1 heterocycles. The van der Waals surface area contributed by atoms with E-state index in [9.17, 15) is 14.0 Å². The van der Waals surface area contributed by atoms with Gasteiger partial charge < -0.3 is 10.4 Å². The number of amides is 1. The number of ketones is 1. The minimum absolute atomic E-state index is 0.0758. The molecular weight excluding hydrogens is 467 g/mol. The summed E-state index contributed by atoms with van der Waals surface area (Å²) in [5.41, 5.74) is 3.56. The van der Waals surface area contributed by atoms with Crippen molar-refractivity contribution >= 4 is 22.6 Å². The Balaban J connectivity index is 1.50. The summed E-state index contributed by atoms with van der Waals surface area (Å²) in [6, 6.07) is 14.6. The smallest absolute Gasteiger partial charge is 0.224 e. The van der Waals surface area contributed by atoms with Crippen LogP contribution in [0.15, 0.2) is 54.7 Å². The van der Waals surface area contributed by atoms with E-state index in [0.29, 0.717) is 12.3 Å². The Morgan fingerprint density at radius 2 is 1.70 bits per heavy atom. The first kappa shape index (κ1) is 26.9. The number of aromatic nitrogens is 1. The number of Topliss-reactive ketones (excluding diaryl/α,β-unsaturated/α-hetero) is 1. The maximum absolute atomic E-state index is 14.0. The fraction of sp³-hybridized carbons (Fsp3) is 0.452. The van der Waals surface area contributed by atoms with E-state index in [1.807, 2.05) is 51.1 Å². The van der Waals surface area contributed by atoms with Crippen LogP contribution in [0.5, 0.6) is 0 Å². The molecule has 1 atom stereocenters. The Morgan fingerprint density at radius 3 is 2.35 bits per heavy atom. The van der Waals surface area contributed by atoms with Crippen LogP contribution in [-0.4, -0.2) is 33.9 Å². The predicted molar refractivity (Wildman–Crippen MR) is 144 cm³/mol. The average Bonchev–Trinajstić information content (AvgIpc) is 2.87. The van der Waals surface area contributed by atoms with Gasteiger partial charge in [-0.05, 0) is 106 Å². The number of fused-ring (bicyclic) bond motifs is 1. The highest BCUT2D eigenvalue weighted by atomic mass is 19.1. The number of aliphatic hydroxyl groups is 1. The highest BCUT2D eigenvalue weighted by molar-refractivity contribution is 5.83. The Labute approximate surface area is 218 Å². The van der Waals surface area contributed by atoms with Gasteiger partial charge in [-0.2, -0.15) is 0 Å². The molecule has 1 fully saturated rings. The van der Waals surface area contributed by atoms with Gasteiger partial charge >= 0.3 is 0 Å². The zero-order chi connectivity index (χ0) is 26.6. The standard InChI is InChI=1S/C31H37FN2O3/c1-31(2,3)34-30(37)27(17-21-6-4-20(5-7-21)16-25(36)19-35)23-10-8-22(9-11-23)26-14-15-33-29-13-12-24(32)18-28(26)29/h4-7,12-15,18,22-23,27,35H,8-11,16-17,19H2,1-3H3,(H,34,37). The van der Waals surface area contributed by atoms with Crippen LogP contribution in [0.3, 0.4) is 0 Å². The number of nitrogens with one attached hydrogen (secondary N) is 1. The highest BCUT2D eigenvalue weighted by Gasteiger charge is 2.34. The molecular formula is C31H37FN2O3. The molecule has 1 saturated carbocycles. The third kappa shape index (κ3) is 7.01. The molecule has 2 N–H and O–H groups in total. The normalized spacial score (nSPS) is 18.9. The van der Waals surface area contributed by atoms with Crippen LogP contribution in [0.4, 0.5) is 4.39 Å². The van der Waals surface area contributed by atoms with Gasteiger partial charge in [0.25, 0.3) is 0 Å². The van der Waals surface area contributed by atoms with Crippen LogP contribution >= 0.6 is 0 Å². The summed E-state index contributed by atoms with van der Waals surface area (Å²) in [6.07, 6.45) is 6.39. The number of hydrogen-bond donors (Lipinski definition) is 2. The van der Waals surface area contributed by atoms with Gasteiger partial charge in [-0.1, -0.05) is 24.3 Å². The molecule has 2 aromatic carbocycles. The van der Waals surface area contributed by atoms with E-state index in [0.717, 1.165) is 53.3 Å². The number of pyridine rings is 1. The van der Waals surface area contributed by atoms with Gasteiger partial charge in [-0.15, -0.1) is 0 Å². The van der Waals surface area contributed by atoms with Crippen molar-refractivity contribution in [3.8, 4) is 0 Å². The molecule has 1 unspecified atom stereocenters. The summed E-state index contributed by atoms with van der Waals surface area (Å²) in [4.78, 5) is 29.4. The van der Waals surface area contributed by atoms with E-state index in [1.54, 1.807) is 18.3 Å². The van der Waals surface area contributed by atoms with Crippen molar-refractivity contribution in [1.29, 1.82) is 0 Å². The molecule has 4 rings (SSSR count). The lowest BCUT2D eigenvalue weighted by atomic mass is 9.71. The second-order valence-corrected chi connectivity index (χ2v) is 11.4. The van der Waals surface area contributed by atoms with Crippen LogP contribution in [0.25, 0.3) is 10.9 Å². The summed E-state index contributed by atoms with van der Waals surface area (Å²) in [5, 5.41) is 13.1. The third-order valence-corrected chi connectivity index (χ3v) is 7.41. The monoisotopic (exact) mass is 504 g/mol. The Bertz CT molecular complexity index is 1240. The van der Waals surface area contributed by atoms with Crippen molar-refractivity contribution in [2.45, 2.75) is 70.8 Å². The number of nitrogens with zero attached hydrogens (tertiary/aromatic N) is 1. The minimum Gasteiger partial charge on any atom is -0.389 e. The Morgan fingerprint density at radius 1 is 1.03 bits per heavy atom. The maximum Gasteiger partial charge on any atom is 0.224 e. The van der Waals surface area contributed by atoms with Gasteiger partial charge in [-0.3, -0.25) is 14.6 Å². The fourth-order valence-corrected chi connectivity index (χ4v) is 5.59. The van der Waals surface area contributed by atoms with Crippen LogP contribution in [0, 0.1) is 17.7 Å². The first-order chi connectivity index (χ1) is 17.6. The molecule has 196 valence electrons. The number of halogens is 1. The molecule has 0 spiro atoms. The van der Waals surface area contributed by atoms with Crippen molar-refractivity contribution in [2.75, 3.05) is 6.61 Å². The molecule has 37 heavy (non-hydrogen) atoms. The summed E-state index contributed by atoms with van der Waals surface area (Å²) < 4.78 is 14.0. The largest absolute Gasteiger partial charge is 0.389 e. The zero-order valence-electron chi connectivity index (χ0n) is 22.0. The van der Waals surface area contributed by atoms with Crippen LogP contribution < -0.4 is 5.32 Å². The number of hydrogen-bond acceptors (Lipinski definition) is 4. The molecule has 0 saturated heterocycles. The van der Waals surface area contributed by atoms with Crippen molar-refractivity contribution < 1.29 is 19.1 Å². The minimum atomic E-state index is -0.455. The summed E-state index contributed by atoms with van der Waals surface area (Å²) >= 11 is 0. The molecule has 0 radical (unpaired) electrons. The van der Waals surface area contributed by atoms with Crippen LogP contribution in [0.1, 0.15) is 69.1 Å². The quantitative estimate of drug-likeness (QED) is 0.423. The molecule has 5 nitrogen and oxygen atoms in total. The van der Waals surface area contributed by atoms with E-state index in [1.165, 1.54) is 6.07 Å². The lowest BCUT2D eigenvalue weighted by Crippen LogP contribution is -2.46. The topological polar surface area (TPSA) is 79.3 Å². The molecule has 6 heteroatoms. The van der Waals surface area contributed by atoms with Crippen molar-refractivity contribution in [3.63, 3.8) is 0 Å². The van der Waals surface area contributed by atoms with E-state index < -0.39 is 6.61 Å². The second-order valence-electron chi connectivity index (χ2n) is 11.4. The number of carbonyl (C=O) groups is 2. The molecule has 0 bridgehead atoms. The molecule has 3 aromatic rings. The first-order valence-electron chi connectivity index (χ1n) is 13.2. The van der Waals surface area contributed by atoms with E-state index in [2.05, 4.69) is 10.3 Å². The fourth-order valence-electron chi connectivity index (χ4n) is 5.59. The summed E-state index contributed by atoms with van der Waals surface area (Å²) in [6.45, 7) is 5.54. The van der Waals surface area contributed by atoms with Crippen molar-refractivity contribution in [1.82, 2.24) is 10.3 Å². The number of aliphatic hydroxyl groups excluding tert-OH is 1. The Kier molecular flexibility index (Phi) is 8.38.